The van der Waals surface area contributed by atoms with Crippen LogP contribution in [0, 0.1) is 11.3 Å². The molecule has 32 heavy (non-hydrogen) atoms. The lowest BCUT2D eigenvalue weighted by Crippen LogP contribution is -2.42. The summed E-state index contributed by atoms with van der Waals surface area (Å²) in [5.74, 6) is 1.95. The molecule has 1 saturated carbocycles. The Hall–Kier alpha value is -3.29. The second-order valence-corrected chi connectivity index (χ2v) is 9.16. The molecule has 1 aliphatic heterocycles. The maximum absolute atomic E-state index is 11.0. The summed E-state index contributed by atoms with van der Waals surface area (Å²) in [5, 5.41) is 16.3. The molecular formula is C24H28N6O2. The minimum atomic E-state index is -0.659. The minimum Gasteiger partial charge on any atom is -0.481 e. The average molecular weight is 433 g/mol. The Morgan fingerprint density at radius 3 is 2.56 bits per heavy atom. The summed E-state index contributed by atoms with van der Waals surface area (Å²) in [6.07, 6.45) is 10.6. The maximum atomic E-state index is 11.0. The van der Waals surface area contributed by atoms with E-state index < -0.39 is 5.97 Å². The molecule has 4 heterocycles. The van der Waals surface area contributed by atoms with Crippen molar-refractivity contribution in [2.75, 3.05) is 18.0 Å². The molecule has 1 saturated heterocycles. The van der Waals surface area contributed by atoms with Crippen LogP contribution in [0.2, 0.25) is 0 Å². The van der Waals surface area contributed by atoms with Gasteiger partial charge in [0.15, 0.2) is 11.6 Å². The Labute approximate surface area is 187 Å². The average Bonchev–Trinajstić information content (AvgIpc) is 3.32. The van der Waals surface area contributed by atoms with Crippen molar-refractivity contribution in [3.8, 4) is 22.9 Å². The largest absolute Gasteiger partial charge is 0.481 e. The number of aromatic amines is 1. The van der Waals surface area contributed by atoms with Crippen LogP contribution >= 0.6 is 0 Å². The lowest BCUT2D eigenvalue weighted by Gasteiger charge is -2.46. The number of H-pyrrole nitrogens is 1. The number of nitrogens with one attached hydrogen (secondary N) is 1. The highest BCUT2D eigenvalue weighted by atomic mass is 16.4. The lowest BCUT2D eigenvalue weighted by atomic mass is 9.65. The van der Waals surface area contributed by atoms with Crippen molar-refractivity contribution in [2.24, 2.45) is 11.3 Å². The topological polar surface area (TPSA) is 108 Å². The molecule has 0 aromatic carbocycles. The summed E-state index contributed by atoms with van der Waals surface area (Å²) in [5.41, 5.74) is 2.03. The van der Waals surface area contributed by atoms with Gasteiger partial charge in [0.1, 0.15) is 11.5 Å². The molecule has 8 heteroatoms. The van der Waals surface area contributed by atoms with E-state index in [4.69, 9.17) is 10.1 Å². The van der Waals surface area contributed by atoms with Gasteiger partial charge < -0.3 is 10.0 Å². The molecule has 1 spiro atoms. The van der Waals surface area contributed by atoms with Gasteiger partial charge in [-0.1, -0.05) is 6.07 Å². The third kappa shape index (κ3) is 4.35. The van der Waals surface area contributed by atoms with Crippen LogP contribution in [0.3, 0.4) is 0 Å². The van der Waals surface area contributed by atoms with E-state index in [0.29, 0.717) is 29.4 Å². The Morgan fingerprint density at radius 2 is 1.91 bits per heavy atom. The molecule has 1 aliphatic carbocycles. The van der Waals surface area contributed by atoms with Gasteiger partial charge in [-0.05, 0) is 74.1 Å². The molecule has 0 amide bonds. The summed E-state index contributed by atoms with van der Waals surface area (Å²) in [4.78, 5) is 26.9. The van der Waals surface area contributed by atoms with Crippen LogP contribution in [-0.2, 0) is 4.79 Å². The smallest absolute Gasteiger partial charge is 0.303 e. The molecule has 2 fully saturated rings. The quantitative estimate of drug-likeness (QED) is 0.623. The molecule has 3 aromatic heterocycles. The Kier molecular flexibility index (Phi) is 5.59. The molecule has 2 aliphatic rings. The highest BCUT2D eigenvalue weighted by molar-refractivity contribution is 5.67. The molecule has 5 rings (SSSR count). The standard InChI is InChI=1S/C24H28N6O2/c31-21(32)15-17-6-8-24(9-7-17)10-13-30(14-11-24)20-5-4-18(16-26-20)22-27-23(29-28-22)19-3-1-2-12-25-19/h1-5,12,16-17H,6-11,13-15H2,(H,31,32)(H,27,28,29). The van der Waals surface area contributed by atoms with Crippen LogP contribution in [0.25, 0.3) is 22.9 Å². The fourth-order valence-corrected chi connectivity index (χ4v) is 5.16. The molecule has 3 aromatic rings. The number of hydrogen-bond acceptors (Lipinski definition) is 6. The first-order valence-electron chi connectivity index (χ1n) is 11.4. The Morgan fingerprint density at radius 1 is 1.09 bits per heavy atom. The molecule has 2 N–H and O–H groups in total. The fraction of sp³-hybridized carbons (Fsp3) is 0.458. The van der Waals surface area contributed by atoms with Gasteiger partial charge in [0.05, 0.1) is 0 Å². The van der Waals surface area contributed by atoms with Crippen molar-refractivity contribution in [2.45, 2.75) is 44.9 Å². The first kappa shape index (κ1) is 20.6. The van der Waals surface area contributed by atoms with Crippen LogP contribution < -0.4 is 4.90 Å². The summed E-state index contributed by atoms with van der Waals surface area (Å²) >= 11 is 0. The van der Waals surface area contributed by atoms with Crippen molar-refractivity contribution in [3.63, 3.8) is 0 Å². The van der Waals surface area contributed by atoms with Crippen molar-refractivity contribution in [1.82, 2.24) is 25.1 Å². The highest BCUT2D eigenvalue weighted by Crippen LogP contribution is 2.47. The molecule has 0 unspecified atom stereocenters. The van der Waals surface area contributed by atoms with E-state index in [1.54, 1.807) is 6.20 Å². The molecule has 0 bridgehead atoms. The van der Waals surface area contributed by atoms with Gasteiger partial charge in [0.25, 0.3) is 0 Å². The predicted octanol–water partition coefficient (Wildman–Crippen LogP) is 4.18. The number of anilines is 1. The summed E-state index contributed by atoms with van der Waals surface area (Å²) < 4.78 is 0. The van der Waals surface area contributed by atoms with E-state index in [1.165, 1.54) is 0 Å². The number of pyridine rings is 2. The third-order valence-corrected chi connectivity index (χ3v) is 7.18. The van der Waals surface area contributed by atoms with E-state index in [0.717, 1.165) is 68.7 Å². The van der Waals surface area contributed by atoms with E-state index in [1.807, 2.05) is 30.5 Å². The van der Waals surface area contributed by atoms with Crippen LogP contribution in [0.15, 0.2) is 42.7 Å². The van der Waals surface area contributed by atoms with Gasteiger partial charge >= 0.3 is 5.97 Å². The van der Waals surface area contributed by atoms with Gasteiger partial charge in [0.2, 0.25) is 0 Å². The summed E-state index contributed by atoms with van der Waals surface area (Å²) in [6, 6.07) is 9.76. The lowest BCUT2D eigenvalue weighted by molar-refractivity contribution is -0.138. The highest BCUT2D eigenvalue weighted by Gasteiger charge is 2.38. The van der Waals surface area contributed by atoms with Crippen molar-refractivity contribution >= 4 is 11.8 Å². The zero-order valence-electron chi connectivity index (χ0n) is 18.1. The van der Waals surface area contributed by atoms with Gasteiger partial charge in [-0.25, -0.2) is 9.97 Å². The molecule has 166 valence electrons. The normalized spacial score (nSPS) is 18.7. The number of nitrogens with zero attached hydrogens (tertiary/aromatic N) is 5. The van der Waals surface area contributed by atoms with E-state index in [9.17, 15) is 4.79 Å². The Balaban J connectivity index is 1.19. The van der Waals surface area contributed by atoms with Crippen LogP contribution in [-0.4, -0.2) is 49.3 Å². The fourth-order valence-electron chi connectivity index (χ4n) is 5.16. The van der Waals surface area contributed by atoms with Crippen LogP contribution in [0.1, 0.15) is 44.9 Å². The van der Waals surface area contributed by atoms with Crippen LogP contribution in [0.4, 0.5) is 5.82 Å². The van der Waals surface area contributed by atoms with Gasteiger partial charge in [-0.2, -0.15) is 5.10 Å². The second kappa shape index (κ2) is 8.68. The first-order chi connectivity index (χ1) is 15.6. The van der Waals surface area contributed by atoms with E-state index >= 15 is 0 Å². The van der Waals surface area contributed by atoms with E-state index in [-0.39, 0.29) is 0 Å². The molecule has 0 radical (unpaired) electrons. The van der Waals surface area contributed by atoms with Gasteiger partial charge in [-0.3, -0.25) is 14.9 Å². The zero-order valence-corrected chi connectivity index (χ0v) is 18.1. The van der Waals surface area contributed by atoms with Crippen molar-refractivity contribution < 1.29 is 9.90 Å². The predicted molar refractivity (Wildman–Crippen MR) is 121 cm³/mol. The second-order valence-electron chi connectivity index (χ2n) is 9.16. The third-order valence-electron chi connectivity index (χ3n) is 7.18. The summed E-state index contributed by atoms with van der Waals surface area (Å²) in [6.45, 7) is 2.00. The Bertz CT molecular complexity index is 1050. The van der Waals surface area contributed by atoms with E-state index in [2.05, 4.69) is 31.1 Å². The monoisotopic (exact) mass is 432 g/mol. The number of aliphatic carboxylic acids is 1. The summed E-state index contributed by atoms with van der Waals surface area (Å²) in [7, 11) is 0. The number of carboxylic acid groups (broad SMARTS) is 1. The zero-order chi connectivity index (χ0) is 22.0. The number of hydrogen-bond donors (Lipinski definition) is 2. The SMILES string of the molecule is O=C(O)CC1CCC2(CC1)CCN(c1ccc(-c3nc(-c4ccccn4)n[nH]3)cn1)CC2. The van der Waals surface area contributed by atoms with Crippen LogP contribution in [0.5, 0.6) is 0 Å². The number of carbonyl (C=O) groups is 1. The van der Waals surface area contributed by atoms with Gasteiger partial charge in [-0.15, -0.1) is 0 Å². The van der Waals surface area contributed by atoms with Crippen molar-refractivity contribution in [3.05, 3.63) is 42.7 Å². The molecule has 0 atom stereocenters. The number of aromatic nitrogens is 5. The first-order valence-corrected chi connectivity index (χ1v) is 11.4. The van der Waals surface area contributed by atoms with Gasteiger partial charge in [0, 0.05) is 37.5 Å². The molecule has 8 nitrogen and oxygen atoms in total. The minimum absolute atomic E-state index is 0.326. The number of piperidine rings is 1. The molecular weight excluding hydrogens is 404 g/mol. The maximum Gasteiger partial charge on any atom is 0.303 e. The van der Waals surface area contributed by atoms with Crippen molar-refractivity contribution in [1.29, 1.82) is 0 Å². The number of carboxylic acids is 1. The number of rotatable bonds is 5.